The largest absolute Gasteiger partial charge is 0.481 e. The highest BCUT2D eigenvalue weighted by molar-refractivity contribution is 7.89. The molecule has 0 bridgehead atoms. The SMILES string of the molecule is CC#CCOc1ccc(S(=O)(=O)NC(Cc2cn(Cc3ccc(Cl)cc3)c3ccc(C)cc23)C(=O)O)cc1. The molecule has 0 radical (unpaired) electrons. The zero-order valence-corrected chi connectivity index (χ0v) is 22.5. The fraction of sp³-hybridized carbons (Fsp3) is 0.207. The van der Waals surface area contributed by atoms with Crippen LogP contribution in [0.1, 0.15) is 23.6 Å². The van der Waals surface area contributed by atoms with Gasteiger partial charge in [-0.1, -0.05) is 41.3 Å². The van der Waals surface area contributed by atoms with Gasteiger partial charge in [-0.25, -0.2) is 8.42 Å². The van der Waals surface area contributed by atoms with Gasteiger partial charge >= 0.3 is 5.97 Å². The molecule has 0 saturated heterocycles. The second kappa shape index (κ2) is 11.7. The number of rotatable bonds is 10. The molecule has 4 rings (SSSR count). The monoisotopic (exact) mass is 550 g/mol. The summed E-state index contributed by atoms with van der Waals surface area (Å²) in [5, 5.41) is 11.4. The summed E-state index contributed by atoms with van der Waals surface area (Å²) in [5.41, 5.74) is 3.70. The smallest absolute Gasteiger partial charge is 0.322 e. The van der Waals surface area contributed by atoms with E-state index in [-0.39, 0.29) is 17.9 Å². The molecule has 0 saturated carbocycles. The lowest BCUT2D eigenvalue weighted by atomic mass is 10.0. The topological polar surface area (TPSA) is 97.6 Å². The number of ether oxygens (including phenoxy) is 1. The maximum atomic E-state index is 13.0. The summed E-state index contributed by atoms with van der Waals surface area (Å²) in [5.74, 6) is 4.67. The zero-order chi connectivity index (χ0) is 27.3. The Hall–Kier alpha value is -3.77. The molecule has 9 heteroatoms. The number of hydrogen-bond donors (Lipinski definition) is 2. The Morgan fingerprint density at radius 3 is 2.47 bits per heavy atom. The van der Waals surface area contributed by atoms with Crippen molar-refractivity contribution in [2.45, 2.75) is 37.8 Å². The number of halogens is 1. The molecule has 7 nitrogen and oxygen atoms in total. The number of nitrogens with one attached hydrogen (secondary N) is 1. The minimum atomic E-state index is -4.11. The molecule has 0 aliphatic rings. The van der Waals surface area contributed by atoms with Crippen molar-refractivity contribution in [3.63, 3.8) is 0 Å². The first-order valence-electron chi connectivity index (χ1n) is 11.9. The fourth-order valence-corrected chi connectivity index (χ4v) is 5.44. The van der Waals surface area contributed by atoms with Gasteiger partial charge < -0.3 is 14.4 Å². The van der Waals surface area contributed by atoms with Crippen LogP contribution >= 0.6 is 11.6 Å². The lowest BCUT2D eigenvalue weighted by molar-refractivity contribution is -0.138. The number of sulfonamides is 1. The van der Waals surface area contributed by atoms with Crippen LogP contribution in [0.4, 0.5) is 0 Å². The molecular weight excluding hydrogens is 524 g/mol. The van der Waals surface area contributed by atoms with Crippen molar-refractivity contribution in [2.75, 3.05) is 6.61 Å². The molecule has 0 aliphatic carbocycles. The first-order valence-corrected chi connectivity index (χ1v) is 13.7. The third-order valence-electron chi connectivity index (χ3n) is 6.03. The van der Waals surface area contributed by atoms with Gasteiger partial charge in [0, 0.05) is 35.1 Å². The summed E-state index contributed by atoms with van der Waals surface area (Å²) >= 11 is 6.02. The first-order chi connectivity index (χ1) is 18.2. The molecular formula is C29H27ClN2O5S. The van der Waals surface area contributed by atoms with Gasteiger partial charge in [-0.3, -0.25) is 4.79 Å². The van der Waals surface area contributed by atoms with E-state index in [4.69, 9.17) is 16.3 Å². The third-order valence-corrected chi connectivity index (χ3v) is 7.77. The van der Waals surface area contributed by atoms with Crippen LogP contribution in [0.5, 0.6) is 5.75 Å². The van der Waals surface area contributed by atoms with E-state index in [0.717, 1.165) is 27.6 Å². The number of hydrogen-bond acceptors (Lipinski definition) is 4. The second-order valence-corrected chi connectivity index (χ2v) is 11.0. The van der Waals surface area contributed by atoms with Gasteiger partial charge in [-0.05, 0) is 73.5 Å². The van der Waals surface area contributed by atoms with Crippen LogP contribution < -0.4 is 9.46 Å². The number of carboxylic acids is 1. The maximum absolute atomic E-state index is 13.0. The molecule has 1 aromatic heterocycles. The van der Waals surface area contributed by atoms with Gasteiger partial charge in [0.25, 0.3) is 0 Å². The Morgan fingerprint density at radius 2 is 1.82 bits per heavy atom. The molecule has 1 atom stereocenters. The molecule has 0 amide bonds. The Morgan fingerprint density at radius 1 is 1.11 bits per heavy atom. The second-order valence-electron chi connectivity index (χ2n) is 8.83. The predicted octanol–water partition coefficient (Wildman–Crippen LogP) is 5.03. The highest BCUT2D eigenvalue weighted by Crippen LogP contribution is 2.26. The van der Waals surface area contributed by atoms with Gasteiger partial charge in [0.2, 0.25) is 10.0 Å². The number of carbonyl (C=O) groups is 1. The number of carboxylic acid groups (broad SMARTS) is 1. The number of aryl methyl sites for hydroxylation is 1. The summed E-state index contributed by atoms with van der Waals surface area (Å²) in [6.07, 6.45) is 1.85. The third kappa shape index (κ3) is 6.56. The number of aliphatic carboxylic acids is 1. The highest BCUT2D eigenvalue weighted by Gasteiger charge is 2.27. The Balaban J connectivity index is 1.59. The van der Waals surface area contributed by atoms with Crippen LogP contribution in [0.2, 0.25) is 5.02 Å². The van der Waals surface area contributed by atoms with Crippen LogP contribution in [0.25, 0.3) is 10.9 Å². The quantitative estimate of drug-likeness (QED) is 0.270. The van der Waals surface area contributed by atoms with Crippen molar-refractivity contribution in [1.29, 1.82) is 0 Å². The van der Waals surface area contributed by atoms with E-state index in [1.165, 1.54) is 24.3 Å². The summed E-state index contributed by atoms with van der Waals surface area (Å²) in [6, 6.07) is 17.9. The summed E-state index contributed by atoms with van der Waals surface area (Å²) in [4.78, 5) is 12.1. The lowest BCUT2D eigenvalue weighted by Gasteiger charge is -2.15. The number of aromatic nitrogens is 1. The van der Waals surface area contributed by atoms with Crippen molar-refractivity contribution >= 4 is 38.5 Å². The van der Waals surface area contributed by atoms with Gasteiger partial charge in [0.1, 0.15) is 18.4 Å². The molecule has 0 aliphatic heterocycles. The zero-order valence-electron chi connectivity index (χ0n) is 20.9. The van der Waals surface area contributed by atoms with E-state index in [2.05, 4.69) is 16.6 Å². The van der Waals surface area contributed by atoms with E-state index < -0.39 is 22.0 Å². The Labute approximate surface area is 227 Å². The minimum Gasteiger partial charge on any atom is -0.481 e. The van der Waals surface area contributed by atoms with Crippen molar-refractivity contribution in [2.24, 2.45) is 0 Å². The van der Waals surface area contributed by atoms with Crippen LogP contribution in [0.3, 0.4) is 0 Å². The predicted molar refractivity (Wildman–Crippen MR) is 148 cm³/mol. The van der Waals surface area contributed by atoms with Crippen molar-refractivity contribution < 1.29 is 23.1 Å². The Kier molecular flexibility index (Phi) is 8.42. The minimum absolute atomic E-state index is 0.0288. The molecule has 2 N–H and O–H groups in total. The van der Waals surface area contributed by atoms with Crippen molar-refractivity contribution in [1.82, 2.24) is 9.29 Å². The lowest BCUT2D eigenvalue weighted by Crippen LogP contribution is -2.42. The van der Waals surface area contributed by atoms with E-state index in [9.17, 15) is 18.3 Å². The molecule has 196 valence electrons. The first kappa shape index (κ1) is 27.3. The van der Waals surface area contributed by atoms with Crippen LogP contribution in [-0.2, 0) is 27.8 Å². The van der Waals surface area contributed by atoms with Gasteiger partial charge in [-0.2, -0.15) is 4.72 Å². The molecule has 1 heterocycles. The van der Waals surface area contributed by atoms with E-state index >= 15 is 0 Å². The van der Waals surface area contributed by atoms with Crippen LogP contribution in [0, 0.1) is 18.8 Å². The fourth-order valence-electron chi connectivity index (χ4n) is 4.13. The number of nitrogens with zero attached hydrogens (tertiary/aromatic N) is 1. The maximum Gasteiger partial charge on any atom is 0.322 e. The molecule has 38 heavy (non-hydrogen) atoms. The van der Waals surface area contributed by atoms with Crippen LogP contribution in [0.15, 0.2) is 77.8 Å². The van der Waals surface area contributed by atoms with E-state index in [0.29, 0.717) is 17.3 Å². The average Bonchev–Trinajstić information content (AvgIpc) is 3.21. The number of fused-ring (bicyclic) bond motifs is 1. The van der Waals surface area contributed by atoms with Crippen molar-refractivity contribution in [3.8, 4) is 17.6 Å². The van der Waals surface area contributed by atoms with Crippen molar-refractivity contribution in [3.05, 3.63) is 94.6 Å². The van der Waals surface area contributed by atoms with Gasteiger partial charge in [-0.15, -0.1) is 5.92 Å². The summed E-state index contributed by atoms with van der Waals surface area (Å²) < 4.78 is 35.9. The number of benzene rings is 3. The van der Waals surface area contributed by atoms with Crippen LogP contribution in [-0.4, -0.2) is 36.7 Å². The molecule has 3 aromatic carbocycles. The van der Waals surface area contributed by atoms with Gasteiger partial charge in [0.15, 0.2) is 0 Å². The molecule has 0 spiro atoms. The van der Waals surface area contributed by atoms with E-state index in [1.807, 2.05) is 60.2 Å². The normalized spacial score (nSPS) is 12.1. The Bertz CT molecular complexity index is 1620. The summed E-state index contributed by atoms with van der Waals surface area (Å²) in [7, 11) is -4.11. The molecule has 0 fully saturated rings. The van der Waals surface area contributed by atoms with E-state index in [1.54, 1.807) is 6.92 Å². The highest BCUT2D eigenvalue weighted by atomic mass is 35.5. The summed E-state index contributed by atoms with van der Waals surface area (Å²) in [6.45, 7) is 4.40. The standard InChI is InChI=1S/C29H27ClN2O5S/c1-3-4-15-37-24-10-12-25(13-11-24)38(35,36)31-27(29(33)34)17-22-19-32(18-21-6-8-23(30)9-7-21)28-14-5-20(2)16-26(22)28/h5-14,16,19,27,31H,15,17-18H2,1-2H3,(H,33,34). The molecule has 4 aromatic rings. The van der Waals surface area contributed by atoms with Gasteiger partial charge in [0.05, 0.1) is 4.90 Å². The average molecular weight is 551 g/mol. The molecule has 1 unspecified atom stereocenters.